The third kappa shape index (κ3) is 6.54. The van der Waals surface area contributed by atoms with E-state index >= 15 is 0 Å². The van der Waals surface area contributed by atoms with E-state index in [2.05, 4.69) is 9.97 Å². The van der Waals surface area contributed by atoms with Gasteiger partial charge in [-0.25, -0.2) is 9.69 Å². The molecule has 2 unspecified atom stereocenters. The van der Waals surface area contributed by atoms with Gasteiger partial charge in [-0.15, -0.1) is 0 Å². The van der Waals surface area contributed by atoms with Gasteiger partial charge in [0, 0.05) is 81.4 Å². The molecule has 51 heavy (non-hydrogen) atoms. The average molecular weight is 689 g/mol. The molecule has 11 heteroatoms. The van der Waals surface area contributed by atoms with Crippen LogP contribution < -0.4 is 14.2 Å². The quantitative estimate of drug-likeness (QED) is 0.148. The first kappa shape index (κ1) is 33.9. The van der Waals surface area contributed by atoms with Crippen molar-refractivity contribution in [2.24, 2.45) is 0 Å². The van der Waals surface area contributed by atoms with Crippen molar-refractivity contribution in [3.63, 3.8) is 0 Å². The molecule has 0 radical (unpaired) electrons. The second-order valence-corrected chi connectivity index (χ2v) is 13.4. The first-order chi connectivity index (χ1) is 24.6. The van der Waals surface area contributed by atoms with Crippen LogP contribution in [0.2, 0.25) is 0 Å². The van der Waals surface area contributed by atoms with Crippen LogP contribution in [0.3, 0.4) is 0 Å². The van der Waals surface area contributed by atoms with Crippen molar-refractivity contribution in [3.05, 3.63) is 120 Å². The smallest absolute Gasteiger partial charge is 0.419 e. The molecular formula is C40H40N4O7. The number of fused-ring (bicyclic) bond motifs is 2. The predicted octanol–water partition coefficient (Wildman–Crippen LogP) is 6.96. The number of hydrogen-bond acceptors (Lipinski definition) is 9. The predicted molar refractivity (Wildman–Crippen MR) is 194 cm³/mol. The highest BCUT2D eigenvalue weighted by Crippen LogP contribution is 2.46. The Morgan fingerprint density at radius 3 is 2.35 bits per heavy atom. The SMILES string of the molecule is COc1ccc(CN2C(O)C(c3c[nH]c4cc(OCc5ccccc5)ccc34)=C(c3cn(C(=O)OC(C)(C)C)c4cnccc34)C2O)c(OC)c1. The monoisotopic (exact) mass is 688 g/mol. The van der Waals surface area contributed by atoms with Gasteiger partial charge in [-0.2, -0.15) is 0 Å². The van der Waals surface area contributed by atoms with Gasteiger partial charge in [-0.05, 0) is 50.6 Å². The van der Waals surface area contributed by atoms with Gasteiger partial charge in [-0.3, -0.25) is 9.55 Å². The fourth-order valence-corrected chi connectivity index (χ4v) is 6.57. The summed E-state index contributed by atoms with van der Waals surface area (Å²) in [7, 11) is 3.14. The van der Waals surface area contributed by atoms with E-state index in [1.807, 2.05) is 60.8 Å². The average Bonchev–Trinajstić information content (AvgIpc) is 3.79. The maximum atomic E-state index is 13.5. The van der Waals surface area contributed by atoms with E-state index in [1.54, 1.807) is 76.7 Å². The molecule has 0 spiro atoms. The standard InChI is InChI=1S/C40H40N4O7/c1-40(2,3)51-39(47)43-22-31(29-15-16-41-20-33(29)43)36-35(37(45)44(38(36)46)21-25-11-12-26(48-4)18-34(25)49-5)30-19-42-32-17-27(13-14-28(30)32)50-23-24-9-7-6-8-10-24/h6-20,22,37-38,42,45-46H,21,23H2,1-5H3. The number of methoxy groups -OCH3 is 2. The van der Waals surface area contributed by atoms with E-state index < -0.39 is 24.2 Å². The third-order valence-electron chi connectivity index (χ3n) is 8.96. The molecule has 3 aromatic carbocycles. The van der Waals surface area contributed by atoms with E-state index in [0.29, 0.717) is 57.0 Å². The van der Waals surface area contributed by atoms with Gasteiger partial charge in [0.1, 0.15) is 41.9 Å². The second kappa shape index (κ2) is 13.6. The highest BCUT2D eigenvalue weighted by atomic mass is 16.6. The Balaban J connectivity index is 1.35. The number of H-pyrrole nitrogens is 1. The fourth-order valence-electron chi connectivity index (χ4n) is 6.57. The molecule has 0 amide bonds. The Morgan fingerprint density at radius 2 is 1.63 bits per heavy atom. The third-order valence-corrected chi connectivity index (χ3v) is 8.96. The summed E-state index contributed by atoms with van der Waals surface area (Å²) >= 11 is 0. The Morgan fingerprint density at radius 1 is 0.882 bits per heavy atom. The number of aromatic amines is 1. The lowest BCUT2D eigenvalue weighted by Crippen LogP contribution is -2.37. The number of ether oxygens (including phenoxy) is 4. The molecule has 1 aliphatic rings. The number of rotatable bonds is 9. The van der Waals surface area contributed by atoms with Crippen LogP contribution in [-0.4, -0.2) is 68.0 Å². The van der Waals surface area contributed by atoms with Crippen molar-refractivity contribution >= 4 is 39.0 Å². The van der Waals surface area contributed by atoms with Crippen molar-refractivity contribution in [1.82, 2.24) is 19.4 Å². The summed E-state index contributed by atoms with van der Waals surface area (Å²) in [6.07, 6.45) is 3.56. The van der Waals surface area contributed by atoms with E-state index in [-0.39, 0.29) is 6.54 Å². The highest BCUT2D eigenvalue weighted by molar-refractivity contribution is 6.09. The van der Waals surface area contributed by atoms with E-state index in [1.165, 1.54) is 4.57 Å². The molecule has 7 rings (SSSR count). The number of pyridine rings is 1. The Kier molecular flexibility index (Phi) is 9.02. The molecule has 0 bridgehead atoms. The number of carbonyl (C=O) groups excluding carboxylic acids is 1. The zero-order valence-electron chi connectivity index (χ0n) is 29.1. The first-order valence-electron chi connectivity index (χ1n) is 16.6. The summed E-state index contributed by atoms with van der Waals surface area (Å²) in [4.78, 5) is 22.7. The molecule has 0 aliphatic carbocycles. The fraction of sp³-hybridized carbons (Fsp3) is 0.250. The molecule has 0 saturated heterocycles. The molecule has 2 atom stereocenters. The van der Waals surface area contributed by atoms with Crippen molar-refractivity contribution in [1.29, 1.82) is 0 Å². The number of aliphatic hydroxyl groups is 2. The zero-order chi connectivity index (χ0) is 35.9. The van der Waals surface area contributed by atoms with Gasteiger partial charge >= 0.3 is 6.09 Å². The van der Waals surface area contributed by atoms with Crippen LogP contribution in [0.5, 0.6) is 17.2 Å². The molecule has 0 fully saturated rings. The largest absolute Gasteiger partial charge is 0.497 e. The first-order valence-corrected chi connectivity index (χ1v) is 16.6. The van der Waals surface area contributed by atoms with Crippen LogP contribution in [0, 0.1) is 0 Å². The summed E-state index contributed by atoms with van der Waals surface area (Å²) in [5.74, 6) is 1.85. The maximum Gasteiger partial charge on any atom is 0.419 e. The summed E-state index contributed by atoms with van der Waals surface area (Å²) in [6, 6.07) is 22.9. The van der Waals surface area contributed by atoms with Crippen LogP contribution in [0.1, 0.15) is 43.0 Å². The van der Waals surface area contributed by atoms with Crippen molar-refractivity contribution in [2.75, 3.05) is 14.2 Å². The van der Waals surface area contributed by atoms with E-state index in [0.717, 1.165) is 22.0 Å². The van der Waals surface area contributed by atoms with Crippen LogP contribution in [0.25, 0.3) is 33.0 Å². The molecule has 3 N–H and O–H groups in total. The van der Waals surface area contributed by atoms with Gasteiger partial charge < -0.3 is 34.1 Å². The Hall–Kier alpha value is -5.62. The van der Waals surface area contributed by atoms with E-state index in [4.69, 9.17) is 18.9 Å². The van der Waals surface area contributed by atoms with Gasteiger partial charge in [0.25, 0.3) is 0 Å². The summed E-state index contributed by atoms with van der Waals surface area (Å²) in [5.41, 5.74) is 4.51. The van der Waals surface area contributed by atoms with E-state index in [9.17, 15) is 15.0 Å². The maximum absolute atomic E-state index is 13.5. The van der Waals surface area contributed by atoms with Crippen LogP contribution in [0.15, 0.2) is 97.6 Å². The minimum atomic E-state index is -1.29. The minimum Gasteiger partial charge on any atom is -0.497 e. The highest BCUT2D eigenvalue weighted by Gasteiger charge is 2.42. The molecule has 6 aromatic rings. The van der Waals surface area contributed by atoms with Gasteiger partial charge in [0.15, 0.2) is 0 Å². The molecular weight excluding hydrogens is 648 g/mol. The number of nitrogens with zero attached hydrogens (tertiary/aromatic N) is 3. The lowest BCUT2D eigenvalue weighted by Gasteiger charge is -2.27. The summed E-state index contributed by atoms with van der Waals surface area (Å²) < 4.78 is 24.3. The van der Waals surface area contributed by atoms with Crippen molar-refractivity contribution in [2.45, 2.75) is 52.0 Å². The van der Waals surface area contributed by atoms with Crippen LogP contribution >= 0.6 is 0 Å². The Bertz CT molecular complexity index is 2250. The number of nitrogens with one attached hydrogen (secondary N) is 1. The lowest BCUT2D eigenvalue weighted by atomic mass is 9.95. The lowest BCUT2D eigenvalue weighted by molar-refractivity contribution is -0.0392. The van der Waals surface area contributed by atoms with Crippen LogP contribution in [-0.2, 0) is 17.9 Å². The van der Waals surface area contributed by atoms with Gasteiger partial charge in [0.05, 0.1) is 25.9 Å². The molecule has 0 saturated carbocycles. The normalized spacial score (nSPS) is 16.6. The number of hydrogen-bond donors (Lipinski definition) is 3. The number of aromatic nitrogens is 3. The van der Waals surface area contributed by atoms with Gasteiger partial charge in [-0.1, -0.05) is 36.4 Å². The van der Waals surface area contributed by atoms with Gasteiger partial charge in [0.2, 0.25) is 0 Å². The summed E-state index contributed by atoms with van der Waals surface area (Å²) in [5, 5.41) is 25.9. The molecule has 4 heterocycles. The number of carbonyl (C=O) groups is 1. The topological polar surface area (TPSA) is 131 Å². The number of benzene rings is 3. The summed E-state index contributed by atoms with van der Waals surface area (Å²) in [6.45, 7) is 5.95. The molecule has 3 aromatic heterocycles. The zero-order valence-corrected chi connectivity index (χ0v) is 29.1. The molecule has 11 nitrogen and oxygen atoms in total. The van der Waals surface area contributed by atoms with Crippen LogP contribution in [0.4, 0.5) is 4.79 Å². The minimum absolute atomic E-state index is 0.134. The number of aliphatic hydroxyl groups excluding tert-OH is 2. The van der Waals surface area contributed by atoms with Crippen molar-refractivity contribution in [3.8, 4) is 17.2 Å². The van der Waals surface area contributed by atoms with Crippen molar-refractivity contribution < 1.29 is 34.0 Å². The second-order valence-electron chi connectivity index (χ2n) is 13.4. The molecule has 1 aliphatic heterocycles. The Labute approximate surface area is 295 Å². The molecule has 262 valence electrons.